The molecule has 2 N–H and O–H groups in total. The number of nitrogens with zero attached hydrogens (tertiary/aromatic N) is 5. The van der Waals surface area contributed by atoms with E-state index in [0.29, 0.717) is 17.5 Å². The first-order valence-corrected chi connectivity index (χ1v) is 7.73. The molecule has 0 unspecified atom stereocenters. The average molecular weight is 338 g/mol. The molecule has 3 aromatic rings. The molecule has 122 valence electrons. The number of hydrogen-bond acceptors (Lipinski definition) is 8. The van der Waals surface area contributed by atoms with E-state index in [0.717, 1.165) is 0 Å². The molecule has 0 fully saturated rings. The highest BCUT2D eigenvalue weighted by Gasteiger charge is 2.07. The Morgan fingerprint density at radius 2 is 1.96 bits per heavy atom. The molecule has 0 spiro atoms. The summed E-state index contributed by atoms with van der Waals surface area (Å²) in [4.78, 5) is 11.5. The SMILES string of the molecule is COc1cc(OC)n2ncnc2n1.NS(=O)(=O)c1ccccn1. The van der Waals surface area contributed by atoms with Crippen LogP contribution in [0.4, 0.5) is 0 Å². The highest BCUT2D eigenvalue weighted by molar-refractivity contribution is 7.89. The second-order valence-corrected chi connectivity index (χ2v) is 5.53. The zero-order valence-electron chi connectivity index (χ0n) is 12.3. The van der Waals surface area contributed by atoms with E-state index in [9.17, 15) is 8.42 Å². The third kappa shape index (κ3) is 4.11. The number of fused-ring (bicyclic) bond motifs is 1. The summed E-state index contributed by atoms with van der Waals surface area (Å²) in [6.07, 6.45) is 2.78. The Morgan fingerprint density at radius 3 is 2.48 bits per heavy atom. The van der Waals surface area contributed by atoms with Gasteiger partial charge in [-0.1, -0.05) is 6.07 Å². The Morgan fingerprint density at radius 1 is 1.17 bits per heavy atom. The van der Waals surface area contributed by atoms with Gasteiger partial charge in [0.05, 0.1) is 20.3 Å². The minimum atomic E-state index is -3.61. The van der Waals surface area contributed by atoms with Crippen molar-refractivity contribution in [3.63, 3.8) is 0 Å². The first-order chi connectivity index (χ1) is 11.0. The van der Waals surface area contributed by atoms with Crippen molar-refractivity contribution in [3.05, 3.63) is 36.8 Å². The van der Waals surface area contributed by atoms with E-state index >= 15 is 0 Å². The van der Waals surface area contributed by atoms with Gasteiger partial charge in [-0.3, -0.25) is 0 Å². The van der Waals surface area contributed by atoms with Gasteiger partial charge in [-0.2, -0.15) is 19.6 Å². The zero-order valence-corrected chi connectivity index (χ0v) is 13.1. The normalized spacial score (nSPS) is 10.7. The van der Waals surface area contributed by atoms with Crippen molar-refractivity contribution in [2.45, 2.75) is 5.03 Å². The monoisotopic (exact) mass is 338 g/mol. The largest absolute Gasteiger partial charge is 0.481 e. The van der Waals surface area contributed by atoms with Crippen molar-refractivity contribution in [2.75, 3.05) is 14.2 Å². The van der Waals surface area contributed by atoms with Crippen LogP contribution < -0.4 is 14.6 Å². The fourth-order valence-electron chi connectivity index (χ4n) is 1.53. The molecule has 0 bridgehead atoms. The molecule has 0 radical (unpaired) electrons. The van der Waals surface area contributed by atoms with Gasteiger partial charge in [-0.25, -0.2) is 18.5 Å². The Labute approximate surface area is 132 Å². The van der Waals surface area contributed by atoms with Gasteiger partial charge >= 0.3 is 0 Å². The summed E-state index contributed by atoms with van der Waals surface area (Å²) in [5, 5.41) is 8.59. The van der Waals surface area contributed by atoms with Crippen molar-refractivity contribution in [1.82, 2.24) is 24.6 Å². The maximum atomic E-state index is 10.5. The van der Waals surface area contributed by atoms with Gasteiger partial charge in [0.1, 0.15) is 6.33 Å². The van der Waals surface area contributed by atoms with Crippen molar-refractivity contribution < 1.29 is 17.9 Å². The highest BCUT2D eigenvalue weighted by Crippen LogP contribution is 2.16. The molecule has 3 heterocycles. The number of nitrogens with two attached hydrogens (primary N) is 1. The van der Waals surface area contributed by atoms with E-state index in [2.05, 4.69) is 20.1 Å². The first-order valence-electron chi connectivity index (χ1n) is 6.18. The second-order valence-electron chi connectivity index (χ2n) is 4.03. The Balaban J connectivity index is 0.000000174. The predicted octanol–water partition coefficient (Wildman–Crippen LogP) is -0.130. The molecule has 0 aromatic carbocycles. The topological polar surface area (TPSA) is 135 Å². The molecular weight excluding hydrogens is 324 g/mol. The van der Waals surface area contributed by atoms with Crippen LogP contribution in [0.2, 0.25) is 0 Å². The summed E-state index contributed by atoms with van der Waals surface area (Å²) < 4.78 is 32.6. The standard InChI is InChI=1S/C7H8N4O2.C5H6N2O2S/c1-12-5-3-6(13-2)11-7(10-5)8-4-9-11;6-10(8,9)5-3-1-2-4-7-5/h3-4H,1-2H3;1-4H,(H2,6,8,9). The molecule has 3 aromatic heterocycles. The predicted molar refractivity (Wildman–Crippen MR) is 79.5 cm³/mol. The van der Waals surface area contributed by atoms with Crippen molar-refractivity contribution in [1.29, 1.82) is 0 Å². The maximum absolute atomic E-state index is 10.5. The molecule has 0 amide bonds. The molecule has 11 heteroatoms. The Kier molecular flexibility index (Phi) is 5.03. The molecular formula is C12H14N6O4S. The summed E-state index contributed by atoms with van der Waals surface area (Å²) in [6, 6.07) is 6.17. The third-order valence-electron chi connectivity index (χ3n) is 2.54. The molecule has 3 rings (SSSR count). The molecule has 0 aliphatic heterocycles. The maximum Gasteiger partial charge on any atom is 0.258 e. The van der Waals surface area contributed by atoms with E-state index in [1.54, 1.807) is 25.3 Å². The zero-order chi connectivity index (χ0) is 16.9. The van der Waals surface area contributed by atoms with Gasteiger partial charge in [0.2, 0.25) is 11.8 Å². The summed E-state index contributed by atoms with van der Waals surface area (Å²) in [5.74, 6) is 1.45. The number of ether oxygens (including phenoxy) is 2. The van der Waals surface area contributed by atoms with Crippen LogP contribution in [0.25, 0.3) is 5.78 Å². The molecule has 0 saturated carbocycles. The Hall–Kier alpha value is -2.79. The quantitative estimate of drug-likeness (QED) is 0.698. The number of sulfonamides is 1. The van der Waals surface area contributed by atoms with Gasteiger partial charge in [0.15, 0.2) is 5.03 Å². The number of rotatable bonds is 3. The molecule has 23 heavy (non-hydrogen) atoms. The lowest BCUT2D eigenvalue weighted by atomic mass is 10.5. The van der Waals surface area contributed by atoms with Crippen LogP contribution in [0.15, 0.2) is 41.8 Å². The lowest BCUT2D eigenvalue weighted by Crippen LogP contribution is -2.13. The molecule has 0 saturated heterocycles. The molecule has 0 aliphatic carbocycles. The minimum absolute atomic E-state index is 0.102. The van der Waals surface area contributed by atoms with Crippen LogP contribution >= 0.6 is 0 Å². The second kappa shape index (κ2) is 6.98. The molecule has 0 atom stereocenters. The third-order valence-corrected chi connectivity index (χ3v) is 3.37. The fourth-order valence-corrected chi connectivity index (χ4v) is 2.01. The summed E-state index contributed by atoms with van der Waals surface area (Å²) in [6.45, 7) is 0. The van der Waals surface area contributed by atoms with E-state index < -0.39 is 10.0 Å². The van der Waals surface area contributed by atoms with Crippen LogP contribution in [-0.4, -0.2) is 47.2 Å². The average Bonchev–Trinajstić information content (AvgIpc) is 3.03. The number of hydrogen-bond donors (Lipinski definition) is 1. The van der Waals surface area contributed by atoms with E-state index in [4.69, 9.17) is 14.6 Å². The van der Waals surface area contributed by atoms with Crippen molar-refractivity contribution in [3.8, 4) is 11.8 Å². The number of methoxy groups -OCH3 is 2. The van der Waals surface area contributed by atoms with Crippen molar-refractivity contribution >= 4 is 15.8 Å². The van der Waals surface area contributed by atoms with E-state index in [1.807, 2.05) is 0 Å². The van der Waals surface area contributed by atoms with Gasteiger partial charge in [-0.05, 0) is 12.1 Å². The van der Waals surface area contributed by atoms with Gasteiger partial charge < -0.3 is 9.47 Å². The lowest BCUT2D eigenvalue weighted by Gasteiger charge is -2.03. The summed E-state index contributed by atoms with van der Waals surface area (Å²) >= 11 is 0. The highest BCUT2D eigenvalue weighted by atomic mass is 32.2. The van der Waals surface area contributed by atoms with Crippen LogP contribution in [0.3, 0.4) is 0 Å². The number of pyridine rings is 1. The van der Waals surface area contributed by atoms with Gasteiger partial charge in [-0.15, -0.1) is 0 Å². The van der Waals surface area contributed by atoms with Gasteiger partial charge in [0, 0.05) is 6.20 Å². The summed E-state index contributed by atoms with van der Waals surface area (Å²) in [5.41, 5.74) is 0. The molecule has 10 nitrogen and oxygen atoms in total. The smallest absolute Gasteiger partial charge is 0.258 e. The van der Waals surface area contributed by atoms with Gasteiger partial charge in [0.25, 0.3) is 15.8 Å². The molecule has 0 aliphatic rings. The number of aromatic nitrogens is 5. The lowest BCUT2D eigenvalue weighted by molar-refractivity contribution is 0.365. The van der Waals surface area contributed by atoms with Crippen LogP contribution in [0.5, 0.6) is 11.8 Å². The van der Waals surface area contributed by atoms with E-state index in [1.165, 1.54) is 30.2 Å². The van der Waals surface area contributed by atoms with Crippen LogP contribution in [0, 0.1) is 0 Å². The van der Waals surface area contributed by atoms with Crippen LogP contribution in [-0.2, 0) is 10.0 Å². The van der Waals surface area contributed by atoms with Crippen LogP contribution in [0.1, 0.15) is 0 Å². The van der Waals surface area contributed by atoms with Crippen molar-refractivity contribution in [2.24, 2.45) is 5.14 Å². The first kappa shape index (κ1) is 16.6. The fraction of sp³-hybridized carbons (Fsp3) is 0.167. The van der Waals surface area contributed by atoms with E-state index in [-0.39, 0.29) is 5.03 Å². The Bertz CT molecular complexity index is 881. The summed E-state index contributed by atoms with van der Waals surface area (Å²) in [7, 11) is -0.526. The number of primary sulfonamides is 1. The minimum Gasteiger partial charge on any atom is -0.481 e.